The van der Waals surface area contributed by atoms with Gasteiger partial charge in [-0.15, -0.1) is 12.4 Å². The second kappa shape index (κ2) is 10.3. The lowest BCUT2D eigenvalue weighted by atomic mass is 9.97. The predicted molar refractivity (Wildman–Crippen MR) is 126 cm³/mol. The fourth-order valence-corrected chi connectivity index (χ4v) is 3.85. The Labute approximate surface area is 197 Å². The molecule has 3 amide bonds. The molecule has 0 spiro atoms. The number of carbonyl (C=O) groups excluding carboxylic acids is 3. The quantitative estimate of drug-likeness (QED) is 0.508. The van der Waals surface area contributed by atoms with Gasteiger partial charge in [-0.25, -0.2) is 4.79 Å². The molecule has 4 N–H and O–H groups in total. The maximum atomic E-state index is 13.1. The van der Waals surface area contributed by atoms with E-state index in [9.17, 15) is 19.5 Å². The van der Waals surface area contributed by atoms with Crippen LogP contribution < -0.4 is 11.1 Å². The van der Waals surface area contributed by atoms with Crippen molar-refractivity contribution in [2.75, 3.05) is 13.1 Å². The number of ketones is 1. The van der Waals surface area contributed by atoms with Crippen molar-refractivity contribution >= 4 is 41.0 Å². The topological polar surface area (TPSA) is 126 Å². The Morgan fingerprint density at radius 1 is 1.06 bits per heavy atom. The highest BCUT2D eigenvalue weighted by atomic mass is 35.5. The van der Waals surface area contributed by atoms with Crippen LogP contribution >= 0.6 is 12.4 Å². The van der Waals surface area contributed by atoms with Crippen molar-refractivity contribution in [3.63, 3.8) is 0 Å². The van der Waals surface area contributed by atoms with Gasteiger partial charge in [0.2, 0.25) is 0 Å². The van der Waals surface area contributed by atoms with Gasteiger partial charge in [0.25, 0.3) is 5.91 Å². The molecule has 171 valence electrons. The van der Waals surface area contributed by atoms with Gasteiger partial charge in [-0.1, -0.05) is 18.2 Å². The zero-order valence-corrected chi connectivity index (χ0v) is 18.5. The average Bonchev–Trinajstić information content (AvgIpc) is 3.04. The van der Waals surface area contributed by atoms with Gasteiger partial charge in [0.05, 0.1) is 11.1 Å². The second-order valence-corrected chi connectivity index (χ2v) is 7.68. The molecule has 1 radical (unpaired) electrons. The van der Waals surface area contributed by atoms with Gasteiger partial charge in [-0.05, 0) is 43.2 Å². The summed E-state index contributed by atoms with van der Waals surface area (Å²) in [5.74, 6) is -0.738. The molecule has 1 saturated heterocycles. The molecule has 0 unspecified atom stereocenters. The molecule has 1 aromatic heterocycles. The summed E-state index contributed by atoms with van der Waals surface area (Å²) in [5, 5.41) is 13.8. The molecule has 33 heavy (non-hydrogen) atoms. The third-order valence-corrected chi connectivity index (χ3v) is 5.58. The maximum Gasteiger partial charge on any atom is 0.314 e. The number of hydrogen-bond acceptors (Lipinski definition) is 5. The smallest absolute Gasteiger partial charge is 0.314 e. The lowest BCUT2D eigenvalue weighted by Crippen LogP contribution is -2.39. The van der Waals surface area contributed by atoms with E-state index in [2.05, 4.69) is 10.3 Å². The molecule has 1 atom stereocenters. The summed E-state index contributed by atoms with van der Waals surface area (Å²) in [4.78, 5) is 42.8. The number of rotatable bonds is 4. The number of nitrogens with zero attached hydrogens (tertiary/aromatic N) is 2. The zero-order chi connectivity index (χ0) is 22.7. The highest BCUT2D eigenvalue weighted by Crippen LogP contribution is 2.28. The van der Waals surface area contributed by atoms with E-state index < -0.39 is 6.03 Å². The summed E-state index contributed by atoms with van der Waals surface area (Å²) in [5.41, 5.74) is 6.88. The molecule has 2 aromatic carbocycles. The van der Waals surface area contributed by atoms with Crippen molar-refractivity contribution in [2.45, 2.75) is 18.9 Å². The number of hydrogen-bond donors (Lipinski definition) is 3. The van der Waals surface area contributed by atoms with Crippen LogP contribution in [0.3, 0.4) is 0 Å². The second-order valence-electron chi connectivity index (χ2n) is 7.68. The van der Waals surface area contributed by atoms with E-state index in [4.69, 9.17) is 5.73 Å². The van der Waals surface area contributed by atoms with Crippen LogP contribution in [0.25, 0.3) is 10.9 Å². The number of likely N-dealkylation sites (tertiary alicyclic amines) is 1. The largest absolute Gasteiger partial charge is 0.507 e. The monoisotopic (exact) mass is 467 g/mol. The number of carbonyl (C=O) groups is 3. The number of phenols is 1. The van der Waals surface area contributed by atoms with E-state index in [1.165, 1.54) is 11.0 Å². The number of benzene rings is 2. The van der Waals surface area contributed by atoms with Gasteiger partial charge in [0.15, 0.2) is 5.78 Å². The number of nitrogens with one attached hydrogen (secondary N) is 1. The number of urea groups is 1. The van der Waals surface area contributed by atoms with Crippen LogP contribution in [0, 0.1) is 6.42 Å². The molecule has 9 heteroatoms. The number of primary amides is 1. The van der Waals surface area contributed by atoms with E-state index in [1.54, 1.807) is 48.7 Å². The molecular weight excluding hydrogens is 444 g/mol. The number of phenolic OH excluding ortho intramolecular Hbond substituents is 1. The molecule has 1 fully saturated rings. The summed E-state index contributed by atoms with van der Waals surface area (Å²) in [6, 6.07) is 12.2. The standard InChI is InChI=1S/C24H23N4O4.ClH/c25-24(32)28-13-2-3-17(11-14-28)27-23(31)16-7-5-15(6-8-16)22(30)21-18-4-1-12-26-19(18)9-10-20(21)29;/h1,4-12,17,29H,2-3,13-14H2,(H2,25,32)(H,27,31);1H/t17-;/m0./s1. The Hall–Kier alpha value is -3.65. The first kappa shape index (κ1) is 24.0. The van der Waals surface area contributed by atoms with E-state index in [1.807, 2.05) is 6.42 Å². The number of nitrogens with two attached hydrogens (primary N) is 1. The molecule has 1 aliphatic heterocycles. The molecule has 0 saturated carbocycles. The van der Waals surface area contributed by atoms with Crippen LogP contribution in [0.4, 0.5) is 4.79 Å². The zero-order valence-electron chi connectivity index (χ0n) is 17.7. The third kappa shape index (κ3) is 5.23. The maximum absolute atomic E-state index is 13.1. The summed E-state index contributed by atoms with van der Waals surface area (Å²) >= 11 is 0. The Morgan fingerprint density at radius 2 is 1.79 bits per heavy atom. The summed E-state index contributed by atoms with van der Waals surface area (Å²) in [7, 11) is 0. The third-order valence-electron chi connectivity index (χ3n) is 5.58. The predicted octanol–water partition coefficient (Wildman–Crippen LogP) is 3.07. The Morgan fingerprint density at radius 3 is 2.52 bits per heavy atom. The van der Waals surface area contributed by atoms with Crippen LogP contribution in [-0.2, 0) is 0 Å². The summed E-state index contributed by atoms with van der Waals surface area (Å²) in [6.45, 7) is 0.947. The molecule has 1 aliphatic rings. The summed E-state index contributed by atoms with van der Waals surface area (Å²) < 4.78 is 0. The number of fused-ring (bicyclic) bond motifs is 1. The number of aromatic nitrogens is 1. The van der Waals surface area contributed by atoms with Gasteiger partial charge in [-0.2, -0.15) is 0 Å². The number of pyridine rings is 1. The van der Waals surface area contributed by atoms with Crippen LogP contribution in [0.5, 0.6) is 5.75 Å². The van der Waals surface area contributed by atoms with Crippen LogP contribution in [0.2, 0.25) is 0 Å². The molecule has 0 bridgehead atoms. The molecule has 2 heterocycles. The van der Waals surface area contributed by atoms with Crippen molar-refractivity contribution in [3.8, 4) is 5.75 Å². The van der Waals surface area contributed by atoms with Gasteiger partial charge in [-0.3, -0.25) is 14.6 Å². The Balaban J connectivity index is 0.00000306. The number of halogens is 1. The fraction of sp³-hybridized carbons (Fsp3) is 0.208. The first-order valence-electron chi connectivity index (χ1n) is 10.3. The highest BCUT2D eigenvalue weighted by Gasteiger charge is 2.22. The van der Waals surface area contributed by atoms with Gasteiger partial charge in [0.1, 0.15) is 5.75 Å². The first-order chi connectivity index (χ1) is 15.4. The minimum atomic E-state index is -0.471. The van der Waals surface area contributed by atoms with Crippen molar-refractivity contribution in [3.05, 3.63) is 77.8 Å². The fourth-order valence-electron chi connectivity index (χ4n) is 3.85. The van der Waals surface area contributed by atoms with Crippen molar-refractivity contribution in [1.29, 1.82) is 0 Å². The molecule has 3 aromatic rings. The average molecular weight is 468 g/mol. The van der Waals surface area contributed by atoms with E-state index in [0.29, 0.717) is 41.5 Å². The Kier molecular flexibility index (Phi) is 7.50. The first-order valence-corrected chi connectivity index (χ1v) is 10.3. The van der Waals surface area contributed by atoms with Crippen LogP contribution in [0.1, 0.15) is 39.1 Å². The minimum absolute atomic E-state index is 0. The Bertz CT molecular complexity index is 1180. The molecular formula is C24H24ClN4O4. The SMILES string of the molecule is Cl.NC(=O)N1C[CH][C@@H](NC(=O)c2ccc(C(=O)c3c(O)ccc4ncccc34)cc2)CCC1. The lowest BCUT2D eigenvalue weighted by Gasteiger charge is -2.18. The highest BCUT2D eigenvalue weighted by molar-refractivity contribution is 6.18. The minimum Gasteiger partial charge on any atom is -0.507 e. The molecule has 8 nitrogen and oxygen atoms in total. The van der Waals surface area contributed by atoms with Gasteiger partial charge >= 0.3 is 6.03 Å². The summed E-state index contributed by atoms with van der Waals surface area (Å²) in [6.07, 6.45) is 4.94. The van der Waals surface area contributed by atoms with E-state index >= 15 is 0 Å². The van der Waals surface area contributed by atoms with Gasteiger partial charge in [0, 0.05) is 48.3 Å². The van der Waals surface area contributed by atoms with Crippen molar-refractivity contribution in [2.24, 2.45) is 5.73 Å². The van der Waals surface area contributed by atoms with E-state index in [-0.39, 0.29) is 41.5 Å². The van der Waals surface area contributed by atoms with Crippen LogP contribution in [-0.4, -0.2) is 51.8 Å². The van der Waals surface area contributed by atoms with E-state index in [0.717, 1.165) is 6.42 Å². The molecule has 0 aliphatic carbocycles. The van der Waals surface area contributed by atoms with Crippen molar-refractivity contribution in [1.82, 2.24) is 15.2 Å². The van der Waals surface area contributed by atoms with Crippen LogP contribution in [0.15, 0.2) is 54.7 Å². The number of aromatic hydroxyl groups is 1. The molecule has 4 rings (SSSR count). The number of amides is 3. The van der Waals surface area contributed by atoms with Gasteiger partial charge < -0.3 is 21.1 Å². The van der Waals surface area contributed by atoms with Crippen molar-refractivity contribution < 1.29 is 19.5 Å². The lowest BCUT2D eigenvalue weighted by molar-refractivity contribution is 0.0939. The normalized spacial score (nSPS) is 15.9.